The van der Waals surface area contributed by atoms with Gasteiger partial charge in [-0.15, -0.1) is 0 Å². The molecule has 1 fully saturated rings. The monoisotopic (exact) mass is 341 g/mol. The van der Waals surface area contributed by atoms with E-state index in [4.69, 9.17) is 4.74 Å². The third kappa shape index (κ3) is 5.11. The van der Waals surface area contributed by atoms with E-state index in [1.807, 2.05) is 0 Å². The highest BCUT2D eigenvalue weighted by Crippen LogP contribution is 2.24. The van der Waals surface area contributed by atoms with Crippen molar-refractivity contribution in [2.24, 2.45) is 5.92 Å². The molecule has 0 saturated carbocycles. The SMILES string of the molecule is CCOC(=O)C1CCN(c2cnc(C)c(CCC(C)(F)F)n2)CC1. The second-order valence-electron chi connectivity index (χ2n) is 6.34. The first-order valence-electron chi connectivity index (χ1n) is 8.42. The summed E-state index contributed by atoms with van der Waals surface area (Å²) < 4.78 is 31.2. The fourth-order valence-corrected chi connectivity index (χ4v) is 2.81. The number of aryl methyl sites for hydroxylation is 2. The summed E-state index contributed by atoms with van der Waals surface area (Å²) in [7, 11) is 0. The van der Waals surface area contributed by atoms with Crippen LogP contribution in [0.3, 0.4) is 0 Å². The largest absolute Gasteiger partial charge is 0.466 e. The lowest BCUT2D eigenvalue weighted by Crippen LogP contribution is -2.37. The maximum absolute atomic E-state index is 13.1. The first-order valence-corrected chi connectivity index (χ1v) is 8.42. The molecule has 0 amide bonds. The van der Waals surface area contributed by atoms with E-state index in [0.29, 0.717) is 49.7 Å². The second-order valence-corrected chi connectivity index (χ2v) is 6.34. The van der Waals surface area contributed by atoms with Crippen molar-refractivity contribution in [3.05, 3.63) is 17.6 Å². The summed E-state index contributed by atoms with van der Waals surface area (Å²) in [5.41, 5.74) is 1.30. The molecule has 1 aliphatic heterocycles. The van der Waals surface area contributed by atoms with E-state index in [2.05, 4.69) is 14.9 Å². The Hall–Kier alpha value is -1.79. The van der Waals surface area contributed by atoms with E-state index in [0.717, 1.165) is 6.92 Å². The minimum absolute atomic E-state index is 0.0714. The van der Waals surface area contributed by atoms with Crippen LogP contribution in [-0.2, 0) is 16.0 Å². The highest BCUT2D eigenvalue weighted by atomic mass is 19.3. The lowest BCUT2D eigenvalue weighted by molar-refractivity contribution is -0.148. The van der Waals surface area contributed by atoms with E-state index < -0.39 is 5.92 Å². The molecular formula is C17H25F2N3O2. The van der Waals surface area contributed by atoms with Crippen molar-refractivity contribution in [3.63, 3.8) is 0 Å². The van der Waals surface area contributed by atoms with Crippen LogP contribution in [0.4, 0.5) is 14.6 Å². The molecule has 0 radical (unpaired) electrons. The molecule has 0 N–H and O–H groups in total. The maximum Gasteiger partial charge on any atom is 0.309 e. The number of ether oxygens (including phenoxy) is 1. The minimum Gasteiger partial charge on any atom is -0.466 e. The molecule has 1 aromatic rings. The molecule has 0 aromatic carbocycles. The van der Waals surface area contributed by atoms with Crippen LogP contribution in [0.2, 0.25) is 0 Å². The fraction of sp³-hybridized carbons (Fsp3) is 0.706. The van der Waals surface area contributed by atoms with Crippen molar-refractivity contribution < 1.29 is 18.3 Å². The van der Waals surface area contributed by atoms with Gasteiger partial charge in [0.25, 0.3) is 0 Å². The average molecular weight is 341 g/mol. The molecule has 2 rings (SSSR count). The number of carbonyl (C=O) groups excluding carboxylic acids is 1. The zero-order valence-corrected chi connectivity index (χ0v) is 14.5. The Bertz CT molecular complexity index is 567. The summed E-state index contributed by atoms with van der Waals surface area (Å²) in [6.45, 7) is 6.27. The molecule has 5 nitrogen and oxygen atoms in total. The molecular weight excluding hydrogens is 316 g/mol. The third-order valence-electron chi connectivity index (χ3n) is 4.28. The van der Waals surface area contributed by atoms with Gasteiger partial charge in [0.1, 0.15) is 5.82 Å². The Morgan fingerprint density at radius 2 is 2.08 bits per heavy atom. The van der Waals surface area contributed by atoms with Gasteiger partial charge in [-0.25, -0.2) is 13.8 Å². The van der Waals surface area contributed by atoms with Gasteiger partial charge in [0, 0.05) is 19.5 Å². The van der Waals surface area contributed by atoms with Gasteiger partial charge in [-0.05, 0) is 40.0 Å². The summed E-state index contributed by atoms with van der Waals surface area (Å²) >= 11 is 0. The smallest absolute Gasteiger partial charge is 0.309 e. The Balaban J connectivity index is 1.99. The normalized spacial score (nSPS) is 16.3. The summed E-state index contributed by atoms with van der Waals surface area (Å²) in [5.74, 6) is -2.23. The van der Waals surface area contributed by atoms with Crippen LogP contribution in [0, 0.1) is 12.8 Å². The zero-order valence-electron chi connectivity index (χ0n) is 14.5. The fourth-order valence-electron chi connectivity index (χ4n) is 2.81. The first kappa shape index (κ1) is 18.5. The van der Waals surface area contributed by atoms with Gasteiger partial charge >= 0.3 is 5.97 Å². The Morgan fingerprint density at radius 3 is 2.67 bits per heavy atom. The van der Waals surface area contributed by atoms with Crippen LogP contribution in [-0.4, -0.2) is 41.6 Å². The number of nitrogens with zero attached hydrogens (tertiary/aromatic N) is 3. The van der Waals surface area contributed by atoms with E-state index in [1.165, 1.54) is 0 Å². The number of halogens is 2. The zero-order chi connectivity index (χ0) is 17.7. The quantitative estimate of drug-likeness (QED) is 0.744. The van der Waals surface area contributed by atoms with E-state index >= 15 is 0 Å². The molecule has 0 unspecified atom stereocenters. The van der Waals surface area contributed by atoms with Gasteiger partial charge < -0.3 is 9.64 Å². The molecule has 1 saturated heterocycles. The second kappa shape index (κ2) is 7.85. The number of alkyl halides is 2. The number of aromatic nitrogens is 2. The summed E-state index contributed by atoms with van der Waals surface area (Å²) in [6, 6.07) is 0. The van der Waals surface area contributed by atoms with Crippen molar-refractivity contribution in [1.82, 2.24) is 9.97 Å². The van der Waals surface area contributed by atoms with Gasteiger partial charge in [0.05, 0.1) is 30.1 Å². The van der Waals surface area contributed by atoms with Gasteiger partial charge in [0.2, 0.25) is 5.92 Å². The highest BCUT2D eigenvalue weighted by Gasteiger charge is 2.27. The third-order valence-corrected chi connectivity index (χ3v) is 4.28. The molecule has 0 atom stereocenters. The molecule has 24 heavy (non-hydrogen) atoms. The summed E-state index contributed by atoms with van der Waals surface area (Å²) in [6.07, 6.45) is 3.05. The number of hydrogen-bond acceptors (Lipinski definition) is 5. The van der Waals surface area contributed by atoms with E-state index in [9.17, 15) is 13.6 Å². The molecule has 1 aliphatic rings. The molecule has 7 heteroatoms. The Morgan fingerprint density at radius 1 is 1.42 bits per heavy atom. The van der Waals surface area contributed by atoms with E-state index in [-0.39, 0.29) is 24.7 Å². The minimum atomic E-state index is -2.71. The summed E-state index contributed by atoms with van der Waals surface area (Å²) in [4.78, 5) is 22.6. The average Bonchev–Trinajstić information content (AvgIpc) is 2.54. The van der Waals surface area contributed by atoms with Crippen LogP contribution in [0.15, 0.2) is 6.20 Å². The van der Waals surface area contributed by atoms with Gasteiger partial charge in [-0.2, -0.15) is 0 Å². The molecule has 2 heterocycles. The number of hydrogen-bond donors (Lipinski definition) is 0. The van der Waals surface area contributed by atoms with Crippen molar-refractivity contribution in [3.8, 4) is 0 Å². The predicted octanol–water partition coefficient (Wildman–Crippen LogP) is 3.15. The number of piperidine rings is 1. The van der Waals surface area contributed by atoms with Crippen molar-refractivity contribution in [1.29, 1.82) is 0 Å². The first-order chi connectivity index (χ1) is 11.3. The topological polar surface area (TPSA) is 55.3 Å². The molecule has 0 bridgehead atoms. The summed E-state index contributed by atoms with van der Waals surface area (Å²) in [5, 5.41) is 0. The van der Waals surface area contributed by atoms with Gasteiger partial charge in [-0.3, -0.25) is 9.78 Å². The Kier molecular flexibility index (Phi) is 6.07. The molecule has 1 aromatic heterocycles. The number of carbonyl (C=O) groups is 1. The highest BCUT2D eigenvalue weighted by molar-refractivity contribution is 5.72. The van der Waals surface area contributed by atoms with Gasteiger partial charge in [-0.1, -0.05) is 0 Å². The van der Waals surface area contributed by atoms with Crippen LogP contribution in [0.5, 0.6) is 0 Å². The molecule has 134 valence electrons. The standard InChI is InChI=1S/C17H25F2N3O2/c1-4-24-16(23)13-6-9-22(10-7-13)15-11-20-12(2)14(21-15)5-8-17(3,18)19/h11,13H,4-10H2,1-3H3. The van der Waals surface area contributed by atoms with Crippen LogP contribution >= 0.6 is 0 Å². The lowest BCUT2D eigenvalue weighted by Gasteiger charge is -2.31. The molecule has 0 aliphatic carbocycles. The van der Waals surface area contributed by atoms with Crippen molar-refractivity contribution >= 4 is 11.8 Å². The van der Waals surface area contributed by atoms with Crippen LogP contribution < -0.4 is 4.90 Å². The molecule has 0 spiro atoms. The number of rotatable bonds is 6. The van der Waals surface area contributed by atoms with Crippen LogP contribution in [0.1, 0.15) is 44.5 Å². The van der Waals surface area contributed by atoms with Crippen molar-refractivity contribution in [2.75, 3.05) is 24.6 Å². The predicted molar refractivity (Wildman–Crippen MR) is 87.3 cm³/mol. The lowest BCUT2D eigenvalue weighted by atomic mass is 9.97. The Labute approximate surface area is 141 Å². The van der Waals surface area contributed by atoms with Crippen molar-refractivity contribution in [2.45, 2.75) is 52.4 Å². The van der Waals surface area contributed by atoms with Gasteiger partial charge in [0.15, 0.2) is 0 Å². The van der Waals surface area contributed by atoms with E-state index in [1.54, 1.807) is 20.0 Å². The number of esters is 1. The maximum atomic E-state index is 13.1. The van der Waals surface area contributed by atoms with Crippen LogP contribution in [0.25, 0.3) is 0 Å². The number of anilines is 1.